The van der Waals surface area contributed by atoms with E-state index in [1.807, 2.05) is 19.1 Å². The number of hydrogen-bond donors (Lipinski definition) is 2. The number of fused-ring (bicyclic) bond motifs is 3. The van der Waals surface area contributed by atoms with Crippen molar-refractivity contribution in [2.45, 2.75) is 31.8 Å². The number of benzene rings is 2. The molecule has 0 radical (unpaired) electrons. The quantitative estimate of drug-likeness (QED) is 0.827. The van der Waals surface area contributed by atoms with Crippen molar-refractivity contribution in [1.82, 2.24) is 0 Å². The maximum atomic E-state index is 10.1. The van der Waals surface area contributed by atoms with Crippen LogP contribution in [0.25, 0.3) is 0 Å². The lowest BCUT2D eigenvalue weighted by atomic mass is 9.88. The van der Waals surface area contributed by atoms with Crippen molar-refractivity contribution in [2.75, 3.05) is 6.61 Å². The number of aromatic hydroxyl groups is 2. The fourth-order valence-corrected chi connectivity index (χ4v) is 3.54. The van der Waals surface area contributed by atoms with Crippen molar-refractivity contribution >= 4 is 0 Å². The zero-order valence-electron chi connectivity index (χ0n) is 13.6. The Kier molecular flexibility index (Phi) is 3.41. The maximum absolute atomic E-state index is 10.1. The first-order valence-electron chi connectivity index (χ1n) is 8.14. The summed E-state index contributed by atoms with van der Waals surface area (Å²) in [6, 6.07) is 8.77. The van der Waals surface area contributed by atoms with Gasteiger partial charge in [-0.1, -0.05) is 18.7 Å². The molecule has 0 aromatic heterocycles. The molecule has 0 saturated carbocycles. The monoisotopic (exact) mass is 324 g/mol. The fraction of sp³-hybridized carbons (Fsp3) is 0.300. The first-order valence-corrected chi connectivity index (χ1v) is 8.14. The predicted molar refractivity (Wildman–Crippen MR) is 91.1 cm³/mol. The molecule has 2 aliphatic rings. The summed E-state index contributed by atoms with van der Waals surface area (Å²) in [6.07, 6.45) is 1.61. The molecule has 0 aliphatic carbocycles. The zero-order valence-corrected chi connectivity index (χ0v) is 13.6. The summed E-state index contributed by atoms with van der Waals surface area (Å²) in [7, 11) is 0. The lowest BCUT2D eigenvalue weighted by Gasteiger charge is -2.27. The molecular weight excluding hydrogens is 304 g/mol. The molecule has 0 amide bonds. The van der Waals surface area contributed by atoms with E-state index in [0.29, 0.717) is 6.61 Å². The van der Waals surface area contributed by atoms with Crippen LogP contribution in [-0.2, 0) is 12.8 Å². The van der Waals surface area contributed by atoms with Gasteiger partial charge in [-0.15, -0.1) is 0 Å². The summed E-state index contributed by atoms with van der Waals surface area (Å²) in [5, 5.41) is 19.6. The molecule has 2 unspecified atom stereocenters. The smallest absolute Gasteiger partial charge is 0.129 e. The summed E-state index contributed by atoms with van der Waals surface area (Å²) >= 11 is 0. The summed E-state index contributed by atoms with van der Waals surface area (Å²) in [5.41, 5.74) is 4.06. The van der Waals surface area contributed by atoms with Crippen LogP contribution in [0.5, 0.6) is 23.0 Å². The Morgan fingerprint density at radius 1 is 1.17 bits per heavy atom. The van der Waals surface area contributed by atoms with Gasteiger partial charge < -0.3 is 19.7 Å². The van der Waals surface area contributed by atoms with E-state index < -0.39 is 0 Å². The molecule has 2 aromatic rings. The van der Waals surface area contributed by atoms with Crippen LogP contribution in [0.2, 0.25) is 0 Å². The lowest BCUT2D eigenvalue weighted by molar-refractivity contribution is 0.257. The molecule has 4 rings (SSSR count). The van der Waals surface area contributed by atoms with Crippen LogP contribution >= 0.6 is 0 Å². The van der Waals surface area contributed by atoms with Crippen LogP contribution in [0.3, 0.4) is 0 Å². The van der Waals surface area contributed by atoms with Gasteiger partial charge in [-0.2, -0.15) is 0 Å². The third kappa shape index (κ3) is 2.39. The van der Waals surface area contributed by atoms with Gasteiger partial charge in [0.2, 0.25) is 0 Å². The van der Waals surface area contributed by atoms with Crippen LogP contribution in [0.1, 0.15) is 29.5 Å². The van der Waals surface area contributed by atoms with Crippen LogP contribution in [0.15, 0.2) is 42.5 Å². The van der Waals surface area contributed by atoms with E-state index in [1.165, 1.54) is 6.07 Å². The van der Waals surface area contributed by atoms with E-state index in [9.17, 15) is 10.2 Å². The Morgan fingerprint density at radius 2 is 2.00 bits per heavy atom. The topological polar surface area (TPSA) is 58.9 Å². The maximum Gasteiger partial charge on any atom is 0.129 e. The number of phenolic OH excluding ortho intramolecular Hbond substituents is 2. The predicted octanol–water partition coefficient (Wildman–Crippen LogP) is 3.70. The molecule has 24 heavy (non-hydrogen) atoms. The number of ether oxygens (including phenoxy) is 2. The number of phenols is 2. The minimum Gasteiger partial charge on any atom is -0.508 e. The van der Waals surface area contributed by atoms with Crippen LogP contribution in [-0.4, -0.2) is 22.9 Å². The second kappa shape index (κ2) is 5.48. The minimum absolute atomic E-state index is 0.0222. The Bertz CT molecular complexity index is 825. The summed E-state index contributed by atoms with van der Waals surface area (Å²) in [5.74, 6) is 2.04. The van der Waals surface area contributed by atoms with Gasteiger partial charge in [0.25, 0.3) is 0 Å². The molecule has 4 nitrogen and oxygen atoms in total. The van der Waals surface area contributed by atoms with E-state index in [2.05, 4.69) is 6.58 Å². The van der Waals surface area contributed by atoms with Gasteiger partial charge >= 0.3 is 0 Å². The van der Waals surface area contributed by atoms with Crippen molar-refractivity contribution in [2.24, 2.45) is 0 Å². The molecule has 0 fully saturated rings. The SMILES string of the molecule is C=C(C)C1Cc2c(ccc3c2OCC(c2ccc(O)cc2O)C3)O1. The fourth-order valence-electron chi connectivity index (χ4n) is 3.54. The summed E-state index contributed by atoms with van der Waals surface area (Å²) in [6.45, 7) is 6.47. The second-order valence-electron chi connectivity index (χ2n) is 6.64. The van der Waals surface area contributed by atoms with Gasteiger partial charge in [0.1, 0.15) is 29.1 Å². The van der Waals surface area contributed by atoms with E-state index in [-0.39, 0.29) is 23.5 Å². The van der Waals surface area contributed by atoms with Crippen molar-refractivity contribution < 1.29 is 19.7 Å². The second-order valence-corrected chi connectivity index (χ2v) is 6.64. The number of hydrogen-bond acceptors (Lipinski definition) is 4. The first kappa shape index (κ1) is 14.9. The minimum atomic E-state index is 0.0222. The van der Waals surface area contributed by atoms with Gasteiger partial charge in [0.05, 0.1) is 6.61 Å². The zero-order chi connectivity index (χ0) is 16.8. The van der Waals surface area contributed by atoms with Gasteiger partial charge in [-0.05, 0) is 36.6 Å². The third-order valence-corrected chi connectivity index (χ3v) is 4.86. The Hall–Kier alpha value is -2.62. The average Bonchev–Trinajstić information content (AvgIpc) is 2.99. The van der Waals surface area contributed by atoms with E-state index >= 15 is 0 Å². The summed E-state index contributed by atoms with van der Waals surface area (Å²) in [4.78, 5) is 0. The standard InChI is InChI=1S/C20H20O4/c1-11(2)19-9-16-18(24-19)6-3-12-7-13(10-23-20(12)16)15-5-4-14(21)8-17(15)22/h3-6,8,13,19,21-22H,1,7,9-10H2,2H3. The van der Waals surface area contributed by atoms with Crippen LogP contribution in [0.4, 0.5) is 0 Å². The van der Waals surface area contributed by atoms with E-state index in [1.54, 1.807) is 12.1 Å². The third-order valence-electron chi connectivity index (χ3n) is 4.86. The number of rotatable bonds is 2. The van der Waals surface area contributed by atoms with Crippen molar-refractivity contribution in [3.63, 3.8) is 0 Å². The molecule has 2 aromatic carbocycles. The molecule has 0 spiro atoms. The highest BCUT2D eigenvalue weighted by atomic mass is 16.5. The van der Waals surface area contributed by atoms with Gasteiger partial charge in [-0.3, -0.25) is 0 Å². The largest absolute Gasteiger partial charge is 0.508 e. The van der Waals surface area contributed by atoms with Crippen LogP contribution < -0.4 is 9.47 Å². The van der Waals surface area contributed by atoms with Crippen molar-refractivity contribution in [3.05, 3.63) is 59.2 Å². The van der Waals surface area contributed by atoms with Crippen LogP contribution in [0, 0.1) is 0 Å². The molecular formula is C20H20O4. The van der Waals surface area contributed by atoms with Gasteiger partial charge in [0.15, 0.2) is 0 Å². The highest BCUT2D eigenvalue weighted by molar-refractivity contribution is 5.55. The molecule has 2 atom stereocenters. The normalized spacial score (nSPS) is 21.4. The molecule has 2 heterocycles. The molecule has 0 saturated heterocycles. The molecule has 124 valence electrons. The Labute approximate surface area is 141 Å². The molecule has 2 aliphatic heterocycles. The Morgan fingerprint density at radius 3 is 2.75 bits per heavy atom. The lowest BCUT2D eigenvalue weighted by Crippen LogP contribution is -2.20. The highest BCUT2D eigenvalue weighted by Crippen LogP contribution is 2.44. The van der Waals surface area contributed by atoms with Crippen molar-refractivity contribution in [3.8, 4) is 23.0 Å². The average molecular weight is 324 g/mol. The van der Waals surface area contributed by atoms with E-state index in [4.69, 9.17) is 9.47 Å². The molecule has 0 bridgehead atoms. The Balaban J connectivity index is 1.64. The van der Waals surface area contributed by atoms with Gasteiger partial charge in [0, 0.05) is 29.5 Å². The van der Waals surface area contributed by atoms with Gasteiger partial charge in [-0.25, -0.2) is 0 Å². The molecule has 4 heteroatoms. The summed E-state index contributed by atoms with van der Waals surface area (Å²) < 4.78 is 12.0. The highest BCUT2D eigenvalue weighted by Gasteiger charge is 2.32. The van der Waals surface area contributed by atoms with Crippen molar-refractivity contribution in [1.29, 1.82) is 0 Å². The van der Waals surface area contributed by atoms with E-state index in [0.717, 1.165) is 46.6 Å². The first-order chi connectivity index (χ1) is 11.5. The molecule has 2 N–H and O–H groups in total.